The highest BCUT2D eigenvalue weighted by Crippen LogP contribution is 2.25. The minimum atomic E-state index is -3.98. The summed E-state index contributed by atoms with van der Waals surface area (Å²) in [6, 6.07) is 1.81. The van der Waals surface area contributed by atoms with E-state index in [1.165, 1.54) is 14.2 Å². The van der Waals surface area contributed by atoms with Crippen LogP contribution in [0.5, 0.6) is 5.75 Å². The van der Waals surface area contributed by atoms with E-state index in [1.54, 1.807) is 26.0 Å². The lowest BCUT2D eigenvalue weighted by Gasteiger charge is -2.17. The third-order valence-electron chi connectivity index (χ3n) is 2.87. The zero-order valence-corrected chi connectivity index (χ0v) is 13.2. The monoisotopic (exact) mass is 317 g/mol. The molecule has 0 saturated carbocycles. The van der Waals surface area contributed by atoms with E-state index in [0.29, 0.717) is 16.9 Å². The van der Waals surface area contributed by atoms with Crippen LogP contribution in [0.4, 0.5) is 0 Å². The Bertz CT molecular complexity index is 603. The second-order valence-electron chi connectivity index (χ2n) is 4.56. The zero-order chi connectivity index (χ0) is 16.2. The van der Waals surface area contributed by atoms with Crippen molar-refractivity contribution in [1.29, 1.82) is 0 Å². The lowest BCUT2D eigenvalue weighted by atomic mass is 10.1. The SMILES string of the molecule is COCC(NS(=O)(=O)c1c(C)cc(OC)cc1C)C(=O)O. The van der Waals surface area contributed by atoms with Crippen LogP contribution in [0.3, 0.4) is 0 Å². The molecule has 0 radical (unpaired) electrons. The lowest BCUT2D eigenvalue weighted by molar-refractivity contribution is -0.140. The number of ether oxygens (including phenoxy) is 2. The summed E-state index contributed by atoms with van der Waals surface area (Å²) >= 11 is 0. The van der Waals surface area contributed by atoms with Crippen LogP contribution in [0.15, 0.2) is 17.0 Å². The van der Waals surface area contributed by atoms with Crippen molar-refractivity contribution in [3.05, 3.63) is 23.3 Å². The Morgan fingerprint density at radius 1 is 1.29 bits per heavy atom. The first-order valence-corrected chi connectivity index (χ1v) is 7.60. The maximum atomic E-state index is 12.4. The summed E-state index contributed by atoms with van der Waals surface area (Å²) in [4.78, 5) is 11.1. The summed E-state index contributed by atoms with van der Waals surface area (Å²) in [6.07, 6.45) is 0. The number of benzene rings is 1. The van der Waals surface area contributed by atoms with Crippen LogP contribution in [0.1, 0.15) is 11.1 Å². The van der Waals surface area contributed by atoms with Gasteiger partial charge in [-0.25, -0.2) is 8.42 Å². The third kappa shape index (κ3) is 4.16. The molecule has 1 aromatic rings. The number of aryl methyl sites for hydroxylation is 2. The summed E-state index contributed by atoms with van der Waals surface area (Å²) in [5.74, 6) is -0.764. The van der Waals surface area contributed by atoms with Gasteiger partial charge in [0.1, 0.15) is 11.8 Å². The van der Waals surface area contributed by atoms with Crippen molar-refractivity contribution in [2.75, 3.05) is 20.8 Å². The van der Waals surface area contributed by atoms with Crippen LogP contribution in [0.25, 0.3) is 0 Å². The number of hydrogen-bond donors (Lipinski definition) is 2. The Kier molecular flexibility index (Phi) is 5.70. The summed E-state index contributed by atoms with van der Waals surface area (Å²) in [5.41, 5.74) is 0.946. The average Bonchev–Trinajstić information content (AvgIpc) is 2.36. The van der Waals surface area contributed by atoms with Gasteiger partial charge < -0.3 is 14.6 Å². The second kappa shape index (κ2) is 6.88. The van der Waals surface area contributed by atoms with Gasteiger partial charge in [0.25, 0.3) is 0 Å². The van der Waals surface area contributed by atoms with Gasteiger partial charge in [0.05, 0.1) is 18.6 Å². The first-order valence-electron chi connectivity index (χ1n) is 6.12. The van der Waals surface area contributed by atoms with Gasteiger partial charge in [0, 0.05) is 7.11 Å². The van der Waals surface area contributed by atoms with Crippen LogP contribution < -0.4 is 9.46 Å². The van der Waals surface area contributed by atoms with Crippen LogP contribution >= 0.6 is 0 Å². The molecule has 0 heterocycles. The Morgan fingerprint density at radius 3 is 2.19 bits per heavy atom. The maximum absolute atomic E-state index is 12.4. The third-order valence-corrected chi connectivity index (χ3v) is 4.64. The molecule has 0 amide bonds. The standard InChI is InChI=1S/C13H19NO6S/c1-8-5-10(20-4)6-9(2)12(8)21(17,18)14-11(7-19-3)13(15)16/h5-6,11,14H,7H2,1-4H3,(H,15,16). The van der Waals surface area contributed by atoms with Crippen molar-refractivity contribution < 1.29 is 27.8 Å². The molecule has 0 spiro atoms. The molecule has 2 N–H and O–H groups in total. The highest BCUT2D eigenvalue weighted by atomic mass is 32.2. The minimum Gasteiger partial charge on any atom is -0.497 e. The van der Waals surface area contributed by atoms with E-state index < -0.39 is 22.0 Å². The molecule has 0 fully saturated rings. The number of methoxy groups -OCH3 is 2. The van der Waals surface area contributed by atoms with Crippen molar-refractivity contribution >= 4 is 16.0 Å². The van der Waals surface area contributed by atoms with Crippen molar-refractivity contribution in [2.45, 2.75) is 24.8 Å². The predicted octanol–water partition coefficient (Wildman–Crippen LogP) is 0.690. The van der Waals surface area contributed by atoms with Gasteiger partial charge in [0.2, 0.25) is 10.0 Å². The summed E-state index contributed by atoms with van der Waals surface area (Å²) < 4.78 is 36.7. The molecule has 0 aliphatic carbocycles. The van der Waals surface area contributed by atoms with Crippen LogP contribution in [0.2, 0.25) is 0 Å². The van der Waals surface area contributed by atoms with Gasteiger partial charge in [-0.15, -0.1) is 0 Å². The highest BCUT2D eigenvalue weighted by molar-refractivity contribution is 7.89. The predicted molar refractivity (Wildman–Crippen MR) is 76.1 cm³/mol. The van der Waals surface area contributed by atoms with Gasteiger partial charge in [-0.1, -0.05) is 0 Å². The number of rotatable bonds is 7. The molecule has 21 heavy (non-hydrogen) atoms. The lowest BCUT2D eigenvalue weighted by Crippen LogP contribution is -2.44. The van der Waals surface area contributed by atoms with Crippen molar-refractivity contribution in [3.63, 3.8) is 0 Å². The first kappa shape index (κ1) is 17.4. The summed E-state index contributed by atoms with van der Waals surface area (Å²) in [6.45, 7) is 2.98. The molecular formula is C13H19NO6S. The molecule has 1 unspecified atom stereocenters. The Labute approximate surface area is 123 Å². The number of carboxylic acids is 1. The molecule has 0 bridgehead atoms. The van der Waals surface area contributed by atoms with Gasteiger partial charge in [-0.05, 0) is 37.1 Å². The van der Waals surface area contributed by atoms with E-state index in [2.05, 4.69) is 4.72 Å². The van der Waals surface area contributed by atoms with E-state index in [4.69, 9.17) is 14.6 Å². The maximum Gasteiger partial charge on any atom is 0.324 e. The fourth-order valence-corrected chi connectivity index (χ4v) is 3.65. The van der Waals surface area contributed by atoms with Crippen LogP contribution in [-0.4, -0.2) is 46.4 Å². The largest absolute Gasteiger partial charge is 0.497 e. The minimum absolute atomic E-state index is 0.0469. The van der Waals surface area contributed by atoms with E-state index in [1.807, 2.05) is 0 Å². The first-order chi connectivity index (χ1) is 9.72. The number of nitrogens with one attached hydrogen (secondary N) is 1. The van der Waals surface area contributed by atoms with Crippen molar-refractivity contribution in [2.24, 2.45) is 0 Å². The molecule has 0 saturated heterocycles. The molecular weight excluding hydrogens is 298 g/mol. The summed E-state index contributed by atoms with van der Waals surface area (Å²) in [5, 5.41) is 9.01. The molecule has 0 aromatic heterocycles. The van der Waals surface area contributed by atoms with Crippen LogP contribution in [0, 0.1) is 13.8 Å². The average molecular weight is 317 g/mol. The number of aliphatic carboxylic acids is 1. The fourth-order valence-electron chi connectivity index (χ4n) is 2.02. The van der Waals surface area contributed by atoms with Gasteiger partial charge in [-0.3, -0.25) is 4.79 Å². The molecule has 7 nitrogen and oxygen atoms in total. The molecule has 8 heteroatoms. The Hall–Kier alpha value is -1.64. The van der Waals surface area contributed by atoms with E-state index in [9.17, 15) is 13.2 Å². The molecule has 0 aliphatic heterocycles. The second-order valence-corrected chi connectivity index (χ2v) is 6.21. The van der Waals surface area contributed by atoms with Gasteiger partial charge in [0.15, 0.2) is 0 Å². The van der Waals surface area contributed by atoms with E-state index in [-0.39, 0.29) is 11.5 Å². The Balaban J connectivity index is 3.22. The quantitative estimate of drug-likeness (QED) is 0.767. The van der Waals surface area contributed by atoms with Crippen molar-refractivity contribution in [1.82, 2.24) is 4.72 Å². The van der Waals surface area contributed by atoms with E-state index >= 15 is 0 Å². The zero-order valence-electron chi connectivity index (χ0n) is 12.3. The smallest absolute Gasteiger partial charge is 0.324 e. The Morgan fingerprint density at radius 2 is 1.81 bits per heavy atom. The van der Waals surface area contributed by atoms with E-state index in [0.717, 1.165) is 0 Å². The topological polar surface area (TPSA) is 102 Å². The molecule has 118 valence electrons. The van der Waals surface area contributed by atoms with Crippen LogP contribution in [-0.2, 0) is 19.6 Å². The van der Waals surface area contributed by atoms with Gasteiger partial charge >= 0.3 is 5.97 Å². The highest BCUT2D eigenvalue weighted by Gasteiger charge is 2.28. The normalized spacial score (nSPS) is 13.0. The summed E-state index contributed by atoms with van der Waals surface area (Å²) in [7, 11) is -1.19. The molecule has 0 aliphatic rings. The molecule has 1 aromatic carbocycles. The molecule has 1 atom stereocenters. The van der Waals surface area contributed by atoms with Crippen molar-refractivity contribution in [3.8, 4) is 5.75 Å². The fraction of sp³-hybridized carbons (Fsp3) is 0.462. The number of sulfonamides is 1. The molecule has 1 rings (SSSR count). The number of hydrogen-bond acceptors (Lipinski definition) is 5. The number of carboxylic acid groups (broad SMARTS) is 1. The number of carbonyl (C=O) groups is 1. The van der Waals surface area contributed by atoms with Gasteiger partial charge in [-0.2, -0.15) is 4.72 Å².